The Bertz CT molecular complexity index is 532. The number of nitrogens with zero attached hydrogens (tertiary/aromatic N) is 1. The predicted molar refractivity (Wildman–Crippen MR) is 73.5 cm³/mol. The van der Waals surface area contributed by atoms with Gasteiger partial charge in [0, 0.05) is 12.0 Å². The fourth-order valence-corrected chi connectivity index (χ4v) is 3.98. The van der Waals surface area contributed by atoms with Gasteiger partial charge < -0.3 is 5.73 Å². The summed E-state index contributed by atoms with van der Waals surface area (Å²) < 4.78 is 1.30. The van der Waals surface area contributed by atoms with Gasteiger partial charge in [0.2, 0.25) is 0 Å². The Balaban J connectivity index is 2.02. The summed E-state index contributed by atoms with van der Waals surface area (Å²) in [7, 11) is 0. The lowest BCUT2D eigenvalue weighted by molar-refractivity contribution is 0.385. The second-order valence-electron chi connectivity index (χ2n) is 5.03. The molecule has 0 amide bonds. The van der Waals surface area contributed by atoms with Crippen molar-refractivity contribution in [1.82, 2.24) is 4.98 Å². The van der Waals surface area contributed by atoms with Gasteiger partial charge in [0.25, 0.3) is 0 Å². The van der Waals surface area contributed by atoms with Gasteiger partial charge in [-0.15, -0.1) is 11.3 Å². The third-order valence-electron chi connectivity index (χ3n) is 3.77. The Hall–Kier alpha value is -0.930. The molecule has 0 bridgehead atoms. The number of thiazole rings is 1. The highest BCUT2D eigenvalue weighted by atomic mass is 32.1. The average Bonchev–Trinajstić information content (AvgIpc) is 2.75. The van der Waals surface area contributed by atoms with Crippen LogP contribution >= 0.6 is 11.3 Å². The molecule has 1 aliphatic carbocycles. The SMILES string of the molecule is Cc1cccc2sc(C3CCCCC3N)nc12. The maximum absolute atomic E-state index is 6.24. The Morgan fingerprint density at radius 2 is 2.12 bits per heavy atom. The first-order valence-corrected chi connectivity index (χ1v) is 7.19. The van der Waals surface area contributed by atoms with Crippen molar-refractivity contribution in [3.63, 3.8) is 0 Å². The number of benzene rings is 1. The van der Waals surface area contributed by atoms with Crippen LogP contribution in [0.4, 0.5) is 0 Å². The first-order valence-electron chi connectivity index (χ1n) is 6.37. The molecule has 2 atom stereocenters. The van der Waals surface area contributed by atoms with E-state index in [1.54, 1.807) is 0 Å². The van der Waals surface area contributed by atoms with Crippen LogP contribution in [0, 0.1) is 6.92 Å². The lowest BCUT2D eigenvalue weighted by Gasteiger charge is -2.26. The van der Waals surface area contributed by atoms with E-state index >= 15 is 0 Å². The monoisotopic (exact) mass is 246 g/mol. The van der Waals surface area contributed by atoms with Crippen LogP contribution in [0.3, 0.4) is 0 Å². The van der Waals surface area contributed by atoms with Crippen LogP contribution < -0.4 is 5.73 Å². The summed E-state index contributed by atoms with van der Waals surface area (Å²) in [6.45, 7) is 2.13. The fourth-order valence-electron chi connectivity index (χ4n) is 2.73. The van der Waals surface area contributed by atoms with E-state index in [1.165, 1.54) is 40.1 Å². The van der Waals surface area contributed by atoms with Crippen LogP contribution in [-0.2, 0) is 0 Å². The molecule has 0 radical (unpaired) electrons. The zero-order valence-electron chi connectivity index (χ0n) is 10.1. The normalized spacial score (nSPS) is 25.3. The molecule has 0 saturated heterocycles. The molecule has 1 aromatic heterocycles. The molecule has 1 aliphatic rings. The van der Waals surface area contributed by atoms with Gasteiger partial charge in [-0.05, 0) is 31.4 Å². The Morgan fingerprint density at radius 1 is 1.29 bits per heavy atom. The number of para-hydroxylation sites is 1. The molecule has 2 unspecified atom stereocenters. The van der Waals surface area contributed by atoms with Gasteiger partial charge in [-0.2, -0.15) is 0 Å². The molecule has 90 valence electrons. The second kappa shape index (κ2) is 4.39. The molecule has 2 aromatic rings. The summed E-state index contributed by atoms with van der Waals surface area (Å²) in [6, 6.07) is 6.72. The first-order chi connectivity index (χ1) is 8.25. The van der Waals surface area contributed by atoms with E-state index in [2.05, 4.69) is 25.1 Å². The molecule has 1 aromatic carbocycles. The van der Waals surface area contributed by atoms with Gasteiger partial charge >= 0.3 is 0 Å². The molecule has 17 heavy (non-hydrogen) atoms. The molecule has 2 N–H and O–H groups in total. The highest BCUT2D eigenvalue weighted by Crippen LogP contribution is 2.36. The van der Waals surface area contributed by atoms with Crippen LogP contribution in [0.15, 0.2) is 18.2 Å². The van der Waals surface area contributed by atoms with Crippen LogP contribution in [0.5, 0.6) is 0 Å². The van der Waals surface area contributed by atoms with Crippen molar-refractivity contribution in [3.8, 4) is 0 Å². The summed E-state index contributed by atoms with van der Waals surface area (Å²) in [4.78, 5) is 4.82. The Labute approximate surface area is 106 Å². The summed E-state index contributed by atoms with van der Waals surface area (Å²) in [5, 5.41) is 1.25. The standard InChI is InChI=1S/C14H18N2S/c1-9-5-4-8-12-13(9)16-14(17-12)10-6-2-3-7-11(10)15/h4-5,8,10-11H,2-3,6-7,15H2,1H3. The Morgan fingerprint density at radius 3 is 2.88 bits per heavy atom. The molecule has 0 aliphatic heterocycles. The predicted octanol–water partition coefficient (Wildman–Crippen LogP) is 3.59. The zero-order valence-corrected chi connectivity index (χ0v) is 11.0. The first kappa shape index (κ1) is 11.2. The smallest absolute Gasteiger partial charge is 0.0985 e. The number of hydrogen-bond donors (Lipinski definition) is 1. The number of aryl methyl sites for hydroxylation is 1. The molecule has 3 rings (SSSR count). The van der Waals surface area contributed by atoms with E-state index < -0.39 is 0 Å². The number of rotatable bonds is 1. The fraction of sp³-hybridized carbons (Fsp3) is 0.500. The molecular formula is C14H18N2S. The van der Waals surface area contributed by atoms with Gasteiger partial charge in [-0.1, -0.05) is 25.0 Å². The molecule has 1 fully saturated rings. The van der Waals surface area contributed by atoms with E-state index in [0.717, 1.165) is 6.42 Å². The van der Waals surface area contributed by atoms with Crippen molar-refractivity contribution in [3.05, 3.63) is 28.8 Å². The molecule has 1 saturated carbocycles. The van der Waals surface area contributed by atoms with E-state index in [4.69, 9.17) is 10.7 Å². The summed E-state index contributed by atoms with van der Waals surface area (Å²) in [5.41, 5.74) is 8.68. The van der Waals surface area contributed by atoms with Gasteiger partial charge in [0.15, 0.2) is 0 Å². The lowest BCUT2D eigenvalue weighted by atomic mass is 9.85. The summed E-state index contributed by atoms with van der Waals surface area (Å²) in [5.74, 6) is 0.487. The second-order valence-corrected chi connectivity index (χ2v) is 6.09. The van der Waals surface area contributed by atoms with Crippen molar-refractivity contribution in [2.45, 2.75) is 44.6 Å². The van der Waals surface area contributed by atoms with Crippen LogP contribution in [0.2, 0.25) is 0 Å². The van der Waals surface area contributed by atoms with Gasteiger partial charge in [0.05, 0.1) is 15.2 Å². The molecule has 1 heterocycles. The quantitative estimate of drug-likeness (QED) is 0.835. The van der Waals surface area contributed by atoms with Crippen LogP contribution in [-0.4, -0.2) is 11.0 Å². The van der Waals surface area contributed by atoms with Crippen molar-refractivity contribution in [1.29, 1.82) is 0 Å². The van der Waals surface area contributed by atoms with Gasteiger partial charge in [-0.25, -0.2) is 4.98 Å². The van der Waals surface area contributed by atoms with Gasteiger partial charge in [-0.3, -0.25) is 0 Å². The minimum absolute atomic E-state index is 0.310. The highest BCUT2D eigenvalue weighted by molar-refractivity contribution is 7.18. The number of aromatic nitrogens is 1. The van der Waals surface area contributed by atoms with E-state index in [1.807, 2.05) is 11.3 Å². The lowest BCUT2D eigenvalue weighted by Crippen LogP contribution is -2.31. The van der Waals surface area contributed by atoms with E-state index in [9.17, 15) is 0 Å². The zero-order chi connectivity index (χ0) is 11.8. The number of hydrogen-bond acceptors (Lipinski definition) is 3. The average molecular weight is 246 g/mol. The largest absolute Gasteiger partial charge is 0.327 e. The third-order valence-corrected chi connectivity index (χ3v) is 4.93. The Kier molecular flexibility index (Phi) is 2.89. The van der Waals surface area contributed by atoms with E-state index in [-0.39, 0.29) is 0 Å². The number of nitrogens with two attached hydrogens (primary N) is 1. The van der Waals surface area contributed by atoms with Crippen LogP contribution in [0.1, 0.15) is 42.2 Å². The molecule has 3 heteroatoms. The summed E-state index contributed by atoms with van der Waals surface area (Å²) >= 11 is 1.83. The van der Waals surface area contributed by atoms with Gasteiger partial charge in [0.1, 0.15) is 0 Å². The third kappa shape index (κ3) is 1.98. The summed E-state index contributed by atoms with van der Waals surface area (Å²) in [6.07, 6.45) is 4.94. The minimum atomic E-state index is 0.310. The van der Waals surface area contributed by atoms with Crippen molar-refractivity contribution >= 4 is 21.6 Å². The maximum Gasteiger partial charge on any atom is 0.0985 e. The molecule has 2 nitrogen and oxygen atoms in total. The molecular weight excluding hydrogens is 228 g/mol. The highest BCUT2D eigenvalue weighted by Gasteiger charge is 2.26. The van der Waals surface area contributed by atoms with Crippen LogP contribution in [0.25, 0.3) is 10.2 Å². The number of fused-ring (bicyclic) bond motifs is 1. The van der Waals surface area contributed by atoms with Crippen molar-refractivity contribution in [2.75, 3.05) is 0 Å². The minimum Gasteiger partial charge on any atom is -0.327 e. The topological polar surface area (TPSA) is 38.9 Å². The maximum atomic E-state index is 6.24. The van der Waals surface area contributed by atoms with E-state index in [0.29, 0.717) is 12.0 Å². The van der Waals surface area contributed by atoms with Crippen molar-refractivity contribution < 1.29 is 0 Å². The van der Waals surface area contributed by atoms with Crippen molar-refractivity contribution in [2.24, 2.45) is 5.73 Å². The molecule has 0 spiro atoms.